The summed E-state index contributed by atoms with van der Waals surface area (Å²) >= 11 is 0. The van der Waals surface area contributed by atoms with E-state index in [0.29, 0.717) is 18.5 Å². The summed E-state index contributed by atoms with van der Waals surface area (Å²) in [5.74, 6) is 0.688. The van der Waals surface area contributed by atoms with E-state index in [2.05, 4.69) is 38.2 Å². The van der Waals surface area contributed by atoms with Gasteiger partial charge in [0.05, 0.1) is 0 Å². The Morgan fingerprint density at radius 3 is 2.43 bits per heavy atom. The van der Waals surface area contributed by atoms with Crippen molar-refractivity contribution in [1.82, 2.24) is 10.2 Å². The van der Waals surface area contributed by atoms with Crippen molar-refractivity contribution in [2.75, 3.05) is 0 Å². The van der Waals surface area contributed by atoms with Gasteiger partial charge in [-0.15, -0.1) is 0 Å². The first-order valence-electron chi connectivity index (χ1n) is 8.17. The number of amides is 2. The lowest BCUT2D eigenvalue weighted by Crippen LogP contribution is -2.44. The molecule has 1 aromatic rings. The van der Waals surface area contributed by atoms with Crippen LogP contribution in [0.3, 0.4) is 0 Å². The van der Waals surface area contributed by atoms with Crippen LogP contribution >= 0.6 is 0 Å². The molecule has 1 aromatic carbocycles. The smallest absolute Gasteiger partial charge is 0.318 e. The molecule has 2 amide bonds. The van der Waals surface area contributed by atoms with Crippen molar-refractivity contribution in [1.29, 1.82) is 0 Å². The lowest BCUT2D eigenvalue weighted by atomic mass is 10.0. The molecule has 1 aliphatic rings. The molecule has 3 nitrogen and oxygen atoms in total. The summed E-state index contributed by atoms with van der Waals surface area (Å²) < 4.78 is 0. The van der Waals surface area contributed by atoms with Crippen LogP contribution in [0.1, 0.15) is 52.0 Å². The van der Waals surface area contributed by atoms with Gasteiger partial charge in [0.25, 0.3) is 0 Å². The lowest BCUT2D eigenvalue weighted by molar-refractivity contribution is 0.187. The molecule has 0 heterocycles. The molecule has 1 saturated carbocycles. The maximum atomic E-state index is 12.5. The first-order chi connectivity index (χ1) is 10.1. The topological polar surface area (TPSA) is 32.3 Å². The summed E-state index contributed by atoms with van der Waals surface area (Å²) in [6.45, 7) is 7.27. The minimum absolute atomic E-state index is 0.0950. The van der Waals surface area contributed by atoms with Gasteiger partial charge in [0.2, 0.25) is 0 Å². The highest BCUT2D eigenvalue weighted by Crippen LogP contribution is 2.28. The van der Waals surface area contributed by atoms with Crippen LogP contribution in [0.25, 0.3) is 0 Å². The van der Waals surface area contributed by atoms with E-state index in [9.17, 15) is 4.79 Å². The highest BCUT2D eigenvalue weighted by Gasteiger charge is 2.32. The normalized spacial score (nSPS) is 15.8. The zero-order chi connectivity index (χ0) is 15.2. The van der Waals surface area contributed by atoms with Gasteiger partial charge in [0.1, 0.15) is 0 Å². The Balaban J connectivity index is 1.87. The second kappa shape index (κ2) is 7.48. The summed E-state index contributed by atoms with van der Waals surface area (Å²) in [4.78, 5) is 14.5. The molecule has 2 rings (SSSR count). The Morgan fingerprint density at radius 2 is 1.86 bits per heavy atom. The van der Waals surface area contributed by atoms with Gasteiger partial charge >= 0.3 is 6.03 Å². The highest BCUT2D eigenvalue weighted by atomic mass is 16.2. The summed E-state index contributed by atoms with van der Waals surface area (Å²) in [6, 6.07) is 11.0. The van der Waals surface area contributed by atoms with Crippen molar-refractivity contribution in [3.63, 3.8) is 0 Å². The number of nitrogens with zero attached hydrogens (tertiary/aromatic N) is 1. The minimum atomic E-state index is 0.0950. The van der Waals surface area contributed by atoms with E-state index < -0.39 is 0 Å². The van der Waals surface area contributed by atoms with Crippen molar-refractivity contribution in [2.45, 2.75) is 65.1 Å². The first-order valence-corrected chi connectivity index (χ1v) is 8.17. The molecule has 1 N–H and O–H groups in total. The monoisotopic (exact) mass is 288 g/mol. The zero-order valence-electron chi connectivity index (χ0n) is 13.5. The summed E-state index contributed by atoms with van der Waals surface area (Å²) in [5.41, 5.74) is 1.20. The molecule has 3 heteroatoms. The van der Waals surface area contributed by atoms with Gasteiger partial charge in [0, 0.05) is 18.6 Å². The quantitative estimate of drug-likeness (QED) is 0.802. The van der Waals surface area contributed by atoms with Crippen LogP contribution in [0.4, 0.5) is 4.79 Å². The SMILES string of the molecule is CC(C)CCC(C)NC(=O)N(Cc1ccccc1)C1CC1. The number of rotatable bonds is 7. The summed E-state index contributed by atoms with van der Waals surface area (Å²) in [5, 5.41) is 3.16. The molecular formula is C18H28N2O. The van der Waals surface area contributed by atoms with Crippen LogP contribution in [0, 0.1) is 5.92 Å². The summed E-state index contributed by atoms with van der Waals surface area (Å²) in [6.07, 6.45) is 4.48. The van der Waals surface area contributed by atoms with Gasteiger partial charge < -0.3 is 10.2 Å². The van der Waals surface area contributed by atoms with Crippen LogP contribution in [0.5, 0.6) is 0 Å². The molecule has 0 aliphatic heterocycles. The van der Waals surface area contributed by atoms with E-state index in [-0.39, 0.29) is 12.1 Å². The molecule has 0 spiro atoms. The Hall–Kier alpha value is -1.51. The standard InChI is InChI=1S/C18H28N2O/c1-14(2)9-10-15(3)19-18(21)20(17-11-12-17)13-16-7-5-4-6-8-16/h4-8,14-15,17H,9-13H2,1-3H3,(H,19,21). The van der Waals surface area contributed by atoms with Crippen molar-refractivity contribution in [3.05, 3.63) is 35.9 Å². The summed E-state index contributed by atoms with van der Waals surface area (Å²) in [7, 11) is 0. The maximum absolute atomic E-state index is 12.5. The Morgan fingerprint density at radius 1 is 1.19 bits per heavy atom. The largest absolute Gasteiger partial charge is 0.336 e. The third kappa shape index (κ3) is 5.41. The van der Waals surface area contributed by atoms with Crippen molar-refractivity contribution in [2.24, 2.45) is 5.92 Å². The van der Waals surface area contributed by atoms with Crippen LogP contribution in [-0.4, -0.2) is 23.0 Å². The van der Waals surface area contributed by atoms with E-state index in [1.54, 1.807) is 0 Å². The molecular weight excluding hydrogens is 260 g/mol. The average Bonchev–Trinajstić information content (AvgIpc) is 3.28. The number of carbonyl (C=O) groups is 1. The second-order valence-corrected chi connectivity index (χ2v) is 6.67. The van der Waals surface area contributed by atoms with Crippen LogP contribution in [0.15, 0.2) is 30.3 Å². The molecule has 0 aromatic heterocycles. The predicted octanol–water partition coefficient (Wildman–Crippen LogP) is 4.19. The van der Waals surface area contributed by atoms with Gasteiger partial charge in [-0.1, -0.05) is 44.2 Å². The van der Waals surface area contributed by atoms with Crippen molar-refractivity contribution < 1.29 is 4.79 Å². The van der Waals surface area contributed by atoms with Crippen LogP contribution in [-0.2, 0) is 6.54 Å². The number of carbonyl (C=O) groups excluding carboxylic acids is 1. The minimum Gasteiger partial charge on any atom is -0.336 e. The zero-order valence-corrected chi connectivity index (χ0v) is 13.5. The van der Waals surface area contributed by atoms with Gasteiger partial charge in [-0.25, -0.2) is 4.79 Å². The van der Waals surface area contributed by atoms with Crippen LogP contribution < -0.4 is 5.32 Å². The van der Waals surface area contributed by atoms with Crippen LogP contribution in [0.2, 0.25) is 0 Å². The first kappa shape index (κ1) is 15.9. The number of hydrogen-bond donors (Lipinski definition) is 1. The Bertz CT molecular complexity index is 440. The molecule has 1 aliphatic carbocycles. The molecule has 1 fully saturated rings. The van der Waals surface area contributed by atoms with Gasteiger partial charge in [-0.2, -0.15) is 0 Å². The Labute approximate surface area is 128 Å². The average molecular weight is 288 g/mol. The highest BCUT2D eigenvalue weighted by molar-refractivity contribution is 5.75. The lowest BCUT2D eigenvalue weighted by Gasteiger charge is -2.25. The van der Waals surface area contributed by atoms with Gasteiger partial charge in [-0.05, 0) is 44.1 Å². The van der Waals surface area contributed by atoms with E-state index >= 15 is 0 Å². The number of benzene rings is 1. The van der Waals surface area contributed by atoms with Gasteiger partial charge in [-0.3, -0.25) is 0 Å². The number of nitrogens with one attached hydrogen (secondary N) is 1. The van der Waals surface area contributed by atoms with E-state index in [0.717, 1.165) is 25.7 Å². The fourth-order valence-electron chi connectivity index (χ4n) is 2.48. The third-order valence-electron chi connectivity index (χ3n) is 3.99. The molecule has 0 radical (unpaired) electrons. The number of hydrogen-bond acceptors (Lipinski definition) is 1. The number of urea groups is 1. The second-order valence-electron chi connectivity index (χ2n) is 6.67. The predicted molar refractivity (Wildman–Crippen MR) is 87.1 cm³/mol. The molecule has 21 heavy (non-hydrogen) atoms. The molecule has 1 atom stereocenters. The fraction of sp³-hybridized carbons (Fsp3) is 0.611. The van der Waals surface area contributed by atoms with E-state index in [1.807, 2.05) is 23.1 Å². The Kier molecular flexibility index (Phi) is 5.66. The van der Waals surface area contributed by atoms with Gasteiger partial charge in [0.15, 0.2) is 0 Å². The third-order valence-corrected chi connectivity index (χ3v) is 3.99. The molecule has 1 unspecified atom stereocenters. The van der Waals surface area contributed by atoms with E-state index in [4.69, 9.17) is 0 Å². The van der Waals surface area contributed by atoms with Crippen molar-refractivity contribution in [3.8, 4) is 0 Å². The maximum Gasteiger partial charge on any atom is 0.318 e. The molecule has 116 valence electrons. The fourth-order valence-corrected chi connectivity index (χ4v) is 2.48. The molecule has 0 saturated heterocycles. The van der Waals surface area contributed by atoms with Crippen molar-refractivity contribution >= 4 is 6.03 Å². The van der Waals surface area contributed by atoms with E-state index in [1.165, 1.54) is 5.56 Å². The molecule has 0 bridgehead atoms.